The number of alkyl halides is 1. The van der Waals surface area contributed by atoms with Crippen LogP contribution in [0.1, 0.15) is 35.2 Å². The van der Waals surface area contributed by atoms with Crippen LogP contribution >= 0.6 is 15.9 Å². The second kappa shape index (κ2) is 7.86. The Morgan fingerprint density at radius 1 is 1.24 bits per heavy atom. The van der Waals surface area contributed by atoms with Crippen molar-refractivity contribution in [2.45, 2.75) is 19.3 Å². The van der Waals surface area contributed by atoms with Crippen molar-refractivity contribution in [3.05, 3.63) is 35.4 Å². The number of unbranched alkanes of at least 4 members (excludes halogenated alkanes) is 2. The van der Waals surface area contributed by atoms with Crippen LogP contribution in [0.2, 0.25) is 0 Å². The lowest BCUT2D eigenvalue weighted by molar-refractivity contribution is 0.0953. The van der Waals surface area contributed by atoms with Crippen LogP contribution in [0.5, 0.6) is 0 Å². The summed E-state index contributed by atoms with van der Waals surface area (Å²) in [6.45, 7) is 0.700. The Bertz CT molecular complexity index is 395. The van der Waals surface area contributed by atoms with Gasteiger partial charge in [-0.05, 0) is 37.1 Å². The number of benzene rings is 1. The van der Waals surface area contributed by atoms with Crippen molar-refractivity contribution in [2.24, 2.45) is 0 Å². The van der Waals surface area contributed by atoms with Crippen molar-refractivity contribution in [3.63, 3.8) is 0 Å². The van der Waals surface area contributed by atoms with Crippen molar-refractivity contribution in [1.82, 2.24) is 5.32 Å². The first-order valence-electron chi connectivity index (χ1n) is 5.62. The number of rotatable bonds is 6. The van der Waals surface area contributed by atoms with Gasteiger partial charge in [-0.3, -0.25) is 4.79 Å². The number of carbonyl (C=O) groups is 1. The number of nitriles is 1. The van der Waals surface area contributed by atoms with Gasteiger partial charge in [0.2, 0.25) is 0 Å². The maximum Gasteiger partial charge on any atom is 0.251 e. The van der Waals surface area contributed by atoms with Gasteiger partial charge in [0.25, 0.3) is 5.91 Å². The van der Waals surface area contributed by atoms with Crippen LogP contribution < -0.4 is 5.32 Å². The molecular formula is C13H15BrN2O. The number of carbonyl (C=O) groups excluding carboxylic acids is 1. The maximum atomic E-state index is 11.7. The normalized spacial score (nSPS) is 9.65. The highest BCUT2D eigenvalue weighted by Crippen LogP contribution is 2.03. The molecule has 0 aliphatic carbocycles. The first kappa shape index (κ1) is 13.7. The molecule has 1 aromatic rings. The van der Waals surface area contributed by atoms with E-state index in [1.165, 1.54) is 0 Å². The van der Waals surface area contributed by atoms with Gasteiger partial charge in [-0.1, -0.05) is 22.4 Å². The third kappa shape index (κ3) is 5.01. The van der Waals surface area contributed by atoms with Crippen molar-refractivity contribution >= 4 is 21.8 Å². The Hall–Kier alpha value is -1.34. The SMILES string of the molecule is N#Cc1ccc(C(=O)NCCCCCBr)cc1. The molecule has 4 heteroatoms. The van der Waals surface area contributed by atoms with Crippen LogP contribution in [0.15, 0.2) is 24.3 Å². The molecule has 0 unspecified atom stereocenters. The summed E-state index contributed by atoms with van der Waals surface area (Å²) in [6, 6.07) is 8.67. The Morgan fingerprint density at radius 3 is 2.53 bits per heavy atom. The summed E-state index contributed by atoms with van der Waals surface area (Å²) in [5.41, 5.74) is 1.17. The van der Waals surface area contributed by atoms with Gasteiger partial charge in [-0.2, -0.15) is 5.26 Å². The quantitative estimate of drug-likeness (QED) is 0.648. The minimum absolute atomic E-state index is 0.0756. The first-order valence-corrected chi connectivity index (χ1v) is 6.74. The van der Waals surface area contributed by atoms with E-state index in [0.717, 1.165) is 24.6 Å². The van der Waals surface area contributed by atoms with Crippen LogP contribution in [0.3, 0.4) is 0 Å². The van der Waals surface area contributed by atoms with Gasteiger partial charge >= 0.3 is 0 Å². The zero-order valence-corrected chi connectivity index (χ0v) is 11.2. The Kier molecular flexibility index (Phi) is 6.34. The maximum absolute atomic E-state index is 11.7. The monoisotopic (exact) mass is 294 g/mol. The van der Waals surface area contributed by atoms with Gasteiger partial charge in [-0.15, -0.1) is 0 Å². The zero-order chi connectivity index (χ0) is 12.5. The fourth-order valence-corrected chi connectivity index (χ4v) is 1.79. The standard InChI is InChI=1S/C13H15BrN2O/c14-8-2-1-3-9-16-13(17)12-6-4-11(10-15)5-7-12/h4-7H,1-3,8-9H2,(H,16,17). The molecule has 1 amide bonds. The molecule has 0 radical (unpaired) electrons. The molecule has 90 valence electrons. The van der Waals surface area contributed by atoms with E-state index in [9.17, 15) is 4.79 Å². The molecule has 0 fully saturated rings. The minimum atomic E-state index is -0.0756. The highest BCUT2D eigenvalue weighted by atomic mass is 79.9. The molecule has 17 heavy (non-hydrogen) atoms. The first-order chi connectivity index (χ1) is 8.27. The van der Waals surface area contributed by atoms with Crippen molar-refractivity contribution in [3.8, 4) is 6.07 Å². The molecular weight excluding hydrogens is 280 g/mol. The van der Waals surface area contributed by atoms with Crippen LogP contribution in [-0.4, -0.2) is 17.8 Å². The lowest BCUT2D eigenvalue weighted by Gasteiger charge is -2.04. The smallest absolute Gasteiger partial charge is 0.251 e. The number of amides is 1. The number of nitrogens with one attached hydrogen (secondary N) is 1. The van der Waals surface area contributed by atoms with Crippen LogP contribution in [0.4, 0.5) is 0 Å². The third-order valence-electron chi connectivity index (χ3n) is 2.37. The fraction of sp³-hybridized carbons (Fsp3) is 0.385. The van der Waals surface area contributed by atoms with Gasteiger partial charge < -0.3 is 5.32 Å². The van der Waals surface area contributed by atoms with E-state index in [2.05, 4.69) is 21.2 Å². The topological polar surface area (TPSA) is 52.9 Å². The van der Waals surface area contributed by atoms with Gasteiger partial charge in [0, 0.05) is 17.4 Å². The second-order valence-corrected chi connectivity index (χ2v) is 4.49. The summed E-state index contributed by atoms with van der Waals surface area (Å²) < 4.78 is 0. The fourth-order valence-electron chi connectivity index (χ4n) is 1.40. The molecule has 1 aromatic carbocycles. The van der Waals surface area contributed by atoms with E-state index in [4.69, 9.17) is 5.26 Å². The van der Waals surface area contributed by atoms with E-state index in [1.54, 1.807) is 24.3 Å². The summed E-state index contributed by atoms with van der Waals surface area (Å²) >= 11 is 3.37. The summed E-state index contributed by atoms with van der Waals surface area (Å²) in [5.74, 6) is -0.0756. The molecule has 1 rings (SSSR count). The molecule has 0 spiro atoms. The van der Waals surface area contributed by atoms with Gasteiger partial charge in [0.1, 0.15) is 0 Å². The third-order valence-corrected chi connectivity index (χ3v) is 2.93. The summed E-state index contributed by atoms with van der Waals surface area (Å²) in [6.07, 6.45) is 3.24. The second-order valence-electron chi connectivity index (χ2n) is 3.69. The predicted molar refractivity (Wildman–Crippen MR) is 71.1 cm³/mol. The van der Waals surface area contributed by atoms with E-state index in [-0.39, 0.29) is 5.91 Å². The molecule has 0 aliphatic heterocycles. The molecule has 0 aliphatic rings. The molecule has 0 bridgehead atoms. The molecule has 0 atom stereocenters. The van der Waals surface area contributed by atoms with E-state index >= 15 is 0 Å². The molecule has 0 saturated carbocycles. The van der Waals surface area contributed by atoms with Gasteiger partial charge in [-0.25, -0.2) is 0 Å². The largest absolute Gasteiger partial charge is 0.352 e. The van der Waals surface area contributed by atoms with Crippen LogP contribution in [-0.2, 0) is 0 Å². The summed E-state index contributed by atoms with van der Waals surface area (Å²) in [7, 11) is 0. The number of nitrogens with zero attached hydrogens (tertiary/aromatic N) is 1. The average Bonchev–Trinajstić information content (AvgIpc) is 2.38. The van der Waals surface area contributed by atoms with Gasteiger partial charge in [0.15, 0.2) is 0 Å². The Labute approximate surface area is 110 Å². The minimum Gasteiger partial charge on any atom is -0.352 e. The number of hydrogen-bond acceptors (Lipinski definition) is 2. The van der Waals surface area contributed by atoms with Gasteiger partial charge in [0.05, 0.1) is 11.6 Å². The van der Waals surface area contributed by atoms with Crippen LogP contribution in [0, 0.1) is 11.3 Å². The van der Waals surface area contributed by atoms with Crippen LogP contribution in [0.25, 0.3) is 0 Å². The Balaban J connectivity index is 2.34. The zero-order valence-electron chi connectivity index (χ0n) is 9.58. The predicted octanol–water partition coefficient (Wildman–Crippen LogP) is 2.85. The average molecular weight is 295 g/mol. The Morgan fingerprint density at radius 2 is 1.94 bits per heavy atom. The highest BCUT2D eigenvalue weighted by molar-refractivity contribution is 9.09. The molecule has 1 N–H and O–H groups in total. The molecule has 0 saturated heterocycles. The summed E-state index contributed by atoms with van der Waals surface area (Å²) in [5, 5.41) is 12.5. The highest BCUT2D eigenvalue weighted by Gasteiger charge is 2.03. The van der Waals surface area contributed by atoms with Crippen molar-refractivity contribution in [2.75, 3.05) is 11.9 Å². The summed E-state index contributed by atoms with van der Waals surface area (Å²) in [4.78, 5) is 11.7. The lowest BCUT2D eigenvalue weighted by Crippen LogP contribution is -2.24. The number of hydrogen-bond donors (Lipinski definition) is 1. The molecule has 3 nitrogen and oxygen atoms in total. The van der Waals surface area contributed by atoms with Crippen molar-refractivity contribution in [1.29, 1.82) is 5.26 Å². The number of halogens is 1. The van der Waals surface area contributed by atoms with E-state index in [0.29, 0.717) is 17.7 Å². The lowest BCUT2D eigenvalue weighted by atomic mass is 10.1. The van der Waals surface area contributed by atoms with E-state index < -0.39 is 0 Å². The van der Waals surface area contributed by atoms with E-state index in [1.807, 2.05) is 6.07 Å². The molecule has 0 aromatic heterocycles. The molecule has 0 heterocycles. The van der Waals surface area contributed by atoms with Crippen molar-refractivity contribution < 1.29 is 4.79 Å².